The molecule has 0 aliphatic heterocycles. The van der Waals surface area contributed by atoms with E-state index < -0.39 is 6.10 Å². The Kier molecular flexibility index (Phi) is 5.33. The first-order valence-corrected chi connectivity index (χ1v) is 7.49. The fraction of sp³-hybridized carbons (Fsp3) is 0.500. The van der Waals surface area contributed by atoms with Crippen molar-refractivity contribution in [2.45, 2.75) is 38.7 Å². The normalized spacial score (nSPS) is 21.0. The first kappa shape index (κ1) is 15.5. The molecule has 2 unspecified atom stereocenters. The molecule has 2 amide bonds. The standard InChI is InChI=1S/C16H22N2O3/c1-2-10-17-15(20)11-6-8-12(9-7-11)18-16(21)13-4-3-5-14(13)19/h6-9,13-14,19H,2-5,10H2,1H3,(H,17,20)(H,18,21). The van der Waals surface area contributed by atoms with Crippen LogP contribution in [-0.2, 0) is 4.79 Å². The van der Waals surface area contributed by atoms with Gasteiger partial charge in [0, 0.05) is 17.8 Å². The van der Waals surface area contributed by atoms with E-state index in [0.717, 1.165) is 19.3 Å². The van der Waals surface area contributed by atoms with Gasteiger partial charge in [-0.05, 0) is 49.9 Å². The summed E-state index contributed by atoms with van der Waals surface area (Å²) < 4.78 is 0. The molecule has 1 aromatic carbocycles. The maximum atomic E-state index is 12.0. The molecule has 0 radical (unpaired) electrons. The SMILES string of the molecule is CCCNC(=O)c1ccc(NC(=O)C2CCCC2O)cc1. The van der Waals surface area contributed by atoms with Crippen molar-refractivity contribution in [2.75, 3.05) is 11.9 Å². The van der Waals surface area contributed by atoms with Crippen molar-refractivity contribution in [3.63, 3.8) is 0 Å². The number of benzene rings is 1. The Morgan fingerprint density at radius 3 is 2.52 bits per heavy atom. The Balaban J connectivity index is 1.93. The van der Waals surface area contributed by atoms with E-state index in [-0.39, 0.29) is 17.7 Å². The largest absolute Gasteiger partial charge is 0.392 e. The quantitative estimate of drug-likeness (QED) is 0.775. The molecule has 0 saturated heterocycles. The second-order valence-corrected chi connectivity index (χ2v) is 5.43. The Hall–Kier alpha value is -1.88. The molecule has 0 aromatic heterocycles. The van der Waals surface area contributed by atoms with Gasteiger partial charge in [-0.1, -0.05) is 6.92 Å². The van der Waals surface area contributed by atoms with E-state index in [0.29, 0.717) is 24.2 Å². The summed E-state index contributed by atoms with van der Waals surface area (Å²) in [5.41, 5.74) is 1.22. The van der Waals surface area contributed by atoms with Crippen LogP contribution < -0.4 is 10.6 Å². The zero-order chi connectivity index (χ0) is 15.2. The van der Waals surface area contributed by atoms with Crippen molar-refractivity contribution in [2.24, 2.45) is 5.92 Å². The lowest BCUT2D eigenvalue weighted by molar-refractivity contribution is -0.122. The third-order valence-corrected chi connectivity index (χ3v) is 3.77. The molecule has 0 spiro atoms. The van der Waals surface area contributed by atoms with E-state index in [1.165, 1.54) is 0 Å². The monoisotopic (exact) mass is 290 g/mol. The highest BCUT2D eigenvalue weighted by Crippen LogP contribution is 2.26. The van der Waals surface area contributed by atoms with Gasteiger partial charge in [0.25, 0.3) is 5.91 Å². The summed E-state index contributed by atoms with van der Waals surface area (Å²) in [6.45, 7) is 2.65. The highest BCUT2D eigenvalue weighted by molar-refractivity contribution is 5.96. The van der Waals surface area contributed by atoms with E-state index in [4.69, 9.17) is 0 Å². The van der Waals surface area contributed by atoms with E-state index in [2.05, 4.69) is 10.6 Å². The van der Waals surface area contributed by atoms with Crippen LogP contribution in [0.3, 0.4) is 0 Å². The van der Waals surface area contributed by atoms with Crippen molar-refractivity contribution in [3.05, 3.63) is 29.8 Å². The molecule has 2 atom stereocenters. The van der Waals surface area contributed by atoms with Crippen LogP contribution in [0.4, 0.5) is 5.69 Å². The summed E-state index contributed by atoms with van der Waals surface area (Å²) in [6, 6.07) is 6.79. The van der Waals surface area contributed by atoms with Gasteiger partial charge in [0.1, 0.15) is 0 Å². The molecule has 5 heteroatoms. The molecular formula is C16H22N2O3. The van der Waals surface area contributed by atoms with Gasteiger partial charge in [0.15, 0.2) is 0 Å². The average molecular weight is 290 g/mol. The number of amides is 2. The summed E-state index contributed by atoms with van der Waals surface area (Å²) in [5.74, 6) is -0.582. The van der Waals surface area contributed by atoms with Gasteiger partial charge in [0.05, 0.1) is 12.0 Å². The molecule has 1 aromatic rings. The lowest BCUT2D eigenvalue weighted by Gasteiger charge is -2.14. The van der Waals surface area contributed by atoms with Crippen LogP contribution in [0, 0.1) is 5.92 Å². The van der Waals surface area contributed by atoms with Gasteiger partial charge in [-0.3, -0.25) is 9.59 Å². The Bertz CT molecular complexity index is 499. The number of carbonyl (C=O) groups is 2. The number of hydrogen-bond donors (Lipinski definition) is 3. The number of aliphatic hydroxyl groups excluding tert-OH is 1. The third kappa shape index (κ3) is 4.04. The Labute approximate surface area is 124 Å². The van der Waals surface area contributed by atoms with Crippen LogP contribution in [0.25, 0.3) is 0 Å². The molecule has 1 fully saturated rings. The predicted molar refractivity (Wildman–Crippen MR) is 81.0 cm³/mol. The van der Waals surface area contributed by atoms with Crippen LogP contribution in [0.2, 0.25) is 0 Å². The lowest BCUT2D eigenvalue weighted by Crippen LogP contribution is -2.28. The minimum Gasteiger partial charge on any atom is -0.392 e. The fourth-order valence-electron chi connectivity index (χ4n) is 2.53. The fourth-order valence-corrected chi connectivity index (χ4v) is 2.53. The average Bonchev–Trinajstić information content (AvgIpc) is 2.91. The molecular weight excluding hydrogens is 268 g/mol. The van der Waals surface area contributed by atoms with Crippen molar-refractivity contribution >= 4 is 17.5 Å². The zero-order valence-corrected chi connectivity index (χ0v) is 12.3. The summed E-state index contributed by atoms with van der Waals surface area (Å²) in [5, 5.41) is 15.3. The molecule has 5 nitrogen and oxygen atoms in total. The molecule has 0 bridgehead atoms. The van der Waals surface area contributed by atoms with Crippen molar-refractivity contribution in [1.29, 1.82) is 0 Å². The highest BCUT2D eigenvalue weighted by Gasteiger charge is 2.31. The van der Waals surface area contributed by atoms with E-state index in [1.54, 1.807) is 24.3 Å². The predicted octanol–water partition coefficient (Wildman–Crippen LogP) is 1.93. The smallest absolute Gasteiger partial charge is 0.251 e. The summed E-state index contributed by atoms with van der Waals surface area (Å²) in [6.07, 6.45) is 2.66. The first-order valence-electron chi connectivity index (χ1n) is 7.49. The molecule has 21 heavy (non-hydrogen) atoms. The number of carbonyl (C=O) groups excluding carboxylic acids is 2. The van der Waals surface area contributed by atoms with Crippen LogP contribution in [0.15, 0.2) is 24.3 Å². The van der Waals surface area contributed by atoms with Gasteiger partial charge >= 0.3 is 0 Å². The molecule has 2 rings (SSSR count). The molecule has 1 saturated carbocycles. The van der Waals surface area contributed by atoms with Gasteiger partial charge in [0.2, 0.25) is 5.91 Å². The van der Waals surface area contributed by atoms with Crippen molar-refractivity contribution in [3.8, 4) is 0 Å². The summed E-state index contributed by atoms with van der Waals surface area (Å²) in [7, 11) is 0. The van der Waals surface area contributed by atoms with Crippen LogP contribution >= 0.6 is 0 Å². The number of anilines is 1. The first-order chi connectivity index (χ1) is 10.1. The van der Waals surface area contributed by atoms with Gasteiger partial charge in [-0.2, -0.15) is 0 Å². The van der Waals surface area contributed by atoms with Crippen molar-refractivity contribution in [1.82, 2.24) is 5.32 Å². The maximum Gasteiger partial charge on any atom is 0.251 e. The zero-order valence-electron chi connectivity index (χ0n) is 12.3. The van der Waals surface area contributed by atoms with E-state index in [1.807, 2.05) is 6.92 Å². The topological polar surface area (TPSA) is 78.4 Å². The second kappa shape index (κ2) is 7.22. The maximum absolute atomic E-state index is 12.0. The number of rotatable bonds is 5. The van der Waals surface area contributed by atoms with Gasteiger partial charge in [-0.15, -0.1) is 0 Å². The van der Waals surface area contributed by atoms with Crippen LogP contribution in [0.1, 0.15) is 43.0 Å². The number of aliphatic hydroxyl groups is 1. The number of nitrogens with one attached hydrogen (secondary N) is 2. The minimum absolute atomic E-state index is 0.110. The van der Waals surface area contributed by atoms with Crippen LogP contribution in [-0.4, -0.2) is 29.6 Å². The molecule has 3 N–H and O–H groups in total. The van der Waals surface area contributed by atoms with Gasteiger partial charge in [-0.25, -0.2) is 0 Å². The van der Waals surface area contributed by atoms with Crippen LogP contribution in [0.5, 0.6) is 0 Å². The van der Waals surface area contributed by atoms with E-state index >= 15 is 0 Å². The Morgan fingerprint density at radius 2 is 1.95 bits per heavy atom. The molecule has 1 aliphatic rings. The molecule has 0 heterocycles. The second-order valence-electron chi connectivity index (χ2n) is 5.43. The summed E-state index contributed by atoms with van der Waals surface area (Å²) >= 11 is 0. The van der Waals surface area contributed by atoms with E-state index in [9.17, 15) is 14.7 Å². The number of hydrogen-bond acceptors (Lipinski definition) is 3. The minimum atomic E-state index is -0.538. The van der Waals surface area contributed by atoms with Crippen molar-refractivity contribution < 1.29 is 14.7 Å². The molecule has 1 aliphatic carbocycles. The highest BCUT2D eigenvalue weighted by atomic mass is 16.3. The third-order valence-electron chi connectivity index (χ3n) is 3.77. The summed E-state index contributed by atoms with van der Waals surface area (Å²) in [4.78, 5) is 23.8. The Morgan fingerprint density at radius 1 is 1.24 bits per heavy atom. The molecule has 114 valence electrons. The lowest BCUT2D eigenvalue weighted by atomic mass is 10.1. The van der Waals surface area contributed by atoms with Gasteiger partial charge < -0.3 is 15.7 Å².